The van der Waals surface area contributed by atoms with Crippen molar-refractivity contribution in [1.82, 2.24) is 0 Å². The first kappa shape index (κ1) is 10.8. The predicted molar refractivity (Wildman–Crippen MR) is 67.6 cm³/mol. The maximum atomic E-state index is 10.2. The van der Waals surface area contributed by atoms with Gasteiger partial charge < -0.3 is 5.11 Å². The van der Waals surface area contributed by atoms with Gasteiger partial charge in [-0.15, -0.1) is 11.3 Å². The van der Waals surface area contributed by atoms with Crippen LogP contribution in [0.25, 0.3) is 0 Å². The Morgan fingerprint density at radius 2 is 2.06 bits per heavy atom. The van der Waals surface area contributed by atoms with Gasteiger partial charge in [0.2, 0.25) is 0 Å². The van der Waals surface area contributed by atoms with Crippen molar-refractivity contribution < 1.29 is 5.11 Å². The molecule has 3 unspecified atom stereocenters. The van der Waals surface area contributed by atoms with Gasteiger partial charge in [0, 0.05) is 4.88 Å². The SMILES string of the molecule is OC(CCc1cccs1)C1C2CCCCC21. The van der Waals surface area contributed by atoms with Gasteiger partial charge >= 0.3 is 0 Å². The van der Waals surface area contributed by atoms with Crippen LogP contribution in [0.1, 0.15) is 37.0 Å². The molecule has 0 amide bonds. The van der Waals surface area contributed by atoms with Gasteiger partial charge in [-0.1, -0.05) is 18.9 Å². The van der Waals surface area contributed by atoms with E-state index in [1.54, 1.807) is 0 Å². The van der Waals surface area contributed by atoms with Crippen LogP contribution < -0.4 is 0 Å². The summed E-state index contributed by atoms with van der Waals surface area (Å²) in [5.74, 6) is 2.42. The summed E-state index contributed by atoms with van der Waals surface area (Å²) in [5, 5.41) is 12.3. The predicted octanol–water partition coefficient (Wildman–Crippen LogP) is 3.48. The standard InChI is InChI=1S/C14H20OS/c15-13(8-7-10-4-3-9-16-10)14-11-5-1-2-6-12(11)14/h3-4,9,11-15H,1-2,5-8H2. The molecule has 0 bridgehead atoms. The number of thiophene rings is 1. The van der Waals surface area contributed by atoms with Crippen molar-refractivity contribution in [3.63, 3.8) is 0 Å². The zero-order valence-electron chi connectivity index (χ0n) is 9.64. The number of aryl methyl sites for hydroxylation is 1. The van der Waals surface area contributed by atoms with Crippen molar-refractivity contribution >= 4 is 11.3 Å². The second-order valence-corrected chi connectivity index (χ2v) is 6.41. The summed E-state index contributed by atoms with van der Waals surface area (Å²) in [4.78, 5) is 1.42. The third kappa shape index (κ3) is 2.05. The van der Waals surface area contributed by atoms with Crippen LogP contribution in [0.4, 0.5) is 0 Å². The molecule has 0 spiro atoms. The van der Waals surface area contributed by atoms with Gasteiger partial charge in [0.1, 0.15) is 0 Å². The molecule has 1 aromatic rings. The van der Waals surface area contributed by atoms with E-state index >= 15 is 0 Å². The van der Waals surface area contributed by atoms with E-state index in [1.165, 1.54) is 30.6 Å². The molecule has 0 aromatic carbocycles. The Morgan fingerprint density at radius 1 is 1.31 bits per heavy atom. The highest BCUT2D eigenvalue weighted by Crippen LogP contribution is 2.57. The van der Waals surface area contributed by atoms with Crippen LogP contribution in [0.15, 0.2) is 17.5 Å². The summed E-state index contributed by atoms with van der Waals surface area (Å²) in [6.07, 6.45) is 7.56. The molecular weight excluding hydrogens is 216 g/mol. The minimum Gasteiger partial charge on any atom is -0.393 e. The second kappa shape index (κ2) is 4.50. The quantitative estimate of drug-likeness (QED) is 0.848. The minimum absolute atomic E-state index is 0.0322. The second-order valence-electron chi connectivity index (χ2n) is 5.37. The van der Waals surface area contributed by atoms with Gasteiger partial charge in [-0.2, -0.15) is 0 Å². The van der Waals surface area contributed by atoms with Crippen molar-refractivity contribution in [1.29, 1.82) is 0 Å². The van der Waals surface area contributed by atoms with Gasteiger partial charge in [-0.05, 0) is 54.9 Å². The first-order chi connectivity index (χ1) is 7.86. The summed E-state index contributed by atoms with van der Waals surface area (Å²) in [6, 6.07) is 4.28. The summed E-state index contributed by atoms with van der Waals surface area (Å²) in [6.45, 7) is 0. The highest BCUT2D eigenvalue weighted by atomic mass is 32.1. The number of hydrogen-bond donors (Lipinski definition) is 1. The van der Waals surface area contributed by atoms with E-state index in [9.17, 15) is 5.11 Å². The van der Waals surface area contributed by atoms with Gasteiger partial charge in [-0.25, -0.2) is 0 Å². The molecule has 2 aliphatic carbocycles. The van der Waals surface area contributed by atoms with Crippen molar-refractivity contribution in [3.8, 4) is 0 Å². The van der Waals surface area contributed by atoms with Crippen LogP contribution >= 0.6 is 11.3 Å². The Morgan fingerprint density at radius 3 is 2.69 bits per heavy atom. The normalized spacial score (nSPS) is 34.4. The number of rotatable bonds is 4. The van der Waals surface area contributed by atoms with Crippen LogP contribution in [0.5, 0.6) is 0 Å². The maximum Gasteiger partial charge on any atom is 0.0577 e. The van der Waals surface area contributed by atoms with Gasteiger partial charge in [0.15, 0.2) is 0 Å². The molecule has 0 radical (unpaired) electrons. The fourth-order valence-electron chi connectivity index (χ4n) is 3.56. The summed E-state index contributed by atoms with van der Waals surface area (Å²) >= 11 is 1.81. The molecule has 0 saturated heterocycles. The number of aliphatic hydroxyl groups excluding tert-OH is 1. The lowest BCUT2D eigenvalue weighted by Crippen LogP contribution is -2.12. The highest BCUT2D eigenvalue weighted by Gasteiger charge is 2.53. The van der Waals surface area contributed by atoms with Crippen LogP contribution in [-0.2, 0) is 6.42 Å². The Labute approximate surface area is 102 Å². The molecule has 1 aromatic heterocycles. The van der Waals surface area contributed by atoms with Crippen molar-refractivity contribution in [2.24, 2.45) is 17.8 Å². The molecule has 3 atom stereocenters. The van der Waals surface area contributed by atoms with Crippen LogP contribution in [0.3, 0.4) is 0 Å². The average Bonchev–Trinajstić information content (AvgIpc) is 2.80. The first-order valence-corrected chi connectivity index (χ1v) is 7.44. The van der Waals surface area contributed by atoms with E-state index in [1.807, 2.05) is 11.3 Å². The fraction of sp³-hybridized carbons (Fsp3) is 0.714. The third-order valence-corrected chi connectivity index (χ3v) is 5.37. The molecule has 2 aliphatic rings. The van der Waals surface area contributed by atoms with Gasteiger partial charge in [0.25, 0.3) is 0 Å². The Bertz CT molecular complexity index is 321. The molecule has 2 heteroatoms. The number of hydrogen-bond acceptors (Lipinski definition) is 2. The maximum absolute atomic E-state index is 10.2. The molecule has 1 nitrogen and oxygen atoms in total. The zero-order valence-corrected chi connectivity index (χ0v) is 10.5. The van der Waals surface area contributed by atoms with Gasteiger partial charge in [-0.3, -0.25) is 0 Å². The highest BCUT2D eigenvalue weighted by molar-refractivity contribution is 7.09. The summed E-state index contributed by atoms with van der Waals surface area (Å²) in [5.41, 5.74) is 0. The lowest BCUT2D eigenvalue weighted by Gasteiger charge is -2.09. The van der Waals surface area contributed by atoms with E-state index in [2.05, 4.69) is 17.5 Å². The van der Waals surface area contributed by atoms with Crippen LogP contribution in [0, 0.1) is 17.8 Å². The van der Waals surface area contributed by atoms with Crippen LogP contribution in [-0.4, -0.2) is 11.2 Å². The van der Waals surface area contributed by atoms with Gasteiger partial charge in [0.05, 0.1) is 6.10 Å². The topological polar surface area (TPSA) is 20.2 Å². The van der Waals surface area contributed by atoms with Crippen molar-refractivity contribution in [2.45, 2.75) is 44.6 Å². The largest absolute Gasteiger partial charge is 0.393 e. The summed E-state index contributed by atoms with van der Waals surface area (Å²) < 4.78 is 0. The molecule has 2 fully saturated rings. The number of fused-ring (bicyclic) bond motifs is 1. The number of aliphatic hydroxyl groups is 1. The van der Waals surface area contributed by atoms with Crippen LogP contribution in [0.2, 0.25) is 0 Å². The Hall–Kier alpha value is -0.340. The molecule has 16 heavy (non-hydrogen) atoms. The smallest absolute Gasteiger partial charge is 0.0577 e. The monoisotopic (exact) mass is 236 g/mol. The molecule has 3 rings (SSSR count). The molecular formula is C14H20OS. The van der Waals surface area contributed by atoms with E-state index in [4.69, 9.17) is 0 Å². The zero-order chi connectivity index (χ0) is 11.0. The average molecular weight is 236 g/mol. The van der Waals surface area contributed by atoms with E-state index < -0.39 is 0 Å². The minimum atomic E-state index is -0.0322. The first-order valence-electron chi connectivity index (χ1n) is 6.56. The van der Waals surface area contributed by atoms with Crippen molar-refractivity contribution in [3.05, 3.63) is 22.4 Å². The lowest BCUT2D eigenvalue weighted by atomic mass is 10.0. The lowest BCUT2D eigenvalue weighted by molar-refractivity contribution is 0.131. The third-order valence-electron chi connectivity index (χ3n) is 4.43. The fourth-order valence-corrected chi connectivity index (χ4v) is 4.28. The molecule has 88 valence electrons. The van der Waals surface area contributed by atoms with E-state index in [0.29, 0.717) is 5.92 Å². The van der Waals surface area contributed by atoms with E-state index in [0.717, 1.165) is 24.7 Å². The summed E-state index contributed by atoms with van der Waals surface area (Å²) in [7, 11) is 0. The molecule has 2 saturated carbocycles. The molecule has 0 aliphatic heterocycles. The van der Waals surface area contributed by atoms with Crippen molar-refractivity contribution in [2.75, 3.05) is 0 Å². The Balaban J connectivity index is 1.49. The van der Waals surface area contributed by atoms with E-state index in [-0.39, 0.29) is 6.10 Å². The molecule has 1 N–H and O–H groups in total. The Kier molecular flexibility index (Phi) is 3.03. The molecule has 1 heterocycles.